The van der Waals surface area contributed by atoms with Crippen molar-refractivity contribution < 1.29 is 13.2 Å². The molecule has 0 N–H and O–H groups in total. The minimum Gasteiger partial charge on any atom is -0.166 e. The number of alkyl halides is 4. The molecule has 1 aliphatic rings. The van der Waals surface area contributed by atoms with E-state index in [4.69, 9.17) is 0 Å². The maximum absolute atomic E-state index is 12.5. The lowest BCUT2D eigenvalue weighted by Gasteiger charge is -2.15. The molecule has 0 heterocycles. The van der Waals surface area contributed by atoms with Gasteiger partial charge in [0.05, 0.1) is 5.56 Å². The van der Waals surface area contributed by atoms with Gasteiger partial charge in [0.1, 0.15) is 0 Å². The molecule has 2 atom stereocenters. The second-order valence-electron chi connectivity index (χ2n) is 4.61. The largest absolute Gasteiger partial charge is 0.416 e. The Labute approximate surface area is 107 Å². The van der Waals surface area contributed by atoms with Crippen molar-refractivity contribution in [1.82, 2.24) is 0 Å². The van der Waals surface area contributed by atoms with E-state index in [1.807, 2.05) is 0 Å². The Bertz CT molecular complexity index is 386. The fourth-order valence-corrected chi connectivity index (χ4v) is 3.17. The SMILES string of the molecule is FC(F)(F)c1cccc(CC2CCCC2Br)c1. The van der Waals surface area contributed by atoms with Gasteiger partial charge in [-0.3, -0.25) is 0 Å². The van der Waals surface area contributed by atoms with E-state index in [1.54, 1.807) is 6.07 Å². The molecule has 0 spiro atoms. The summed E-state index contributed by atoms with van der Waals surface area (Å²) in [5.41, 5.74) is 0.246. The number of rotatable bonds is 2. The van der Waals surface area contributed by atoms with Gasteiger partial charge in [-0.2, -0.15) is 13.2 Å². The molecule has 17 heavy (non-hydrogen) atoms. The second kappa shape index (κ2) is 5.01. The van der Waals surface area contributed by atoms with Crippen LogP contribution in [0.3, 0.4) is 0 Å². The number of benzene rings is 1. The third-order valence-electron chi connectivity index (χ3n) is 3.32. The van der Waals surface area contributed by atoms with Crippen molar-refractivity contribution >= 4 is 15.9 Å². The fourth-order valence-electron chi connectivity index (χ4n) is 2.40. The lowest BCUT2D eigenvalue weighted by molar-refractivity contribution is -0.137. The molecule has 94 valence electrons. The zero-order valence-electron chi connectivity index (χ0n) is 9.30. The molecule has 1 fully saturated rings. The van der Waals surface area contributed by atoms with Crippen LogP contribution < -0.4 is 0 Å². The van der Waals surface area contributed by atoms with Gasteiger partial charge in [0, 0.05) is 4.83 Å². The number of halogens is 4. The molecule has 1 aromatic carbocycles. The van der Waals surface area contributed by atoms with Crippen molar-refractivity contribution in [3.8, 4) is 0 Å². The Kier molecular flexibility index (Phi) is 3.81. The molecule has 0 nitrogen and oxygen atoms in total. The molecule has 0 saturated heterocycles. The Balaban J connectivity index is 2.11. The summed E-state index contributed by atoms with van der Waals surface area (Å²) in [6.45, 7) is 0. The first-order chi connectivity index (χ1) is 7.97. The topological polar surface area (TPSA) is 0 Å². The quantitative estimate of drug-likeness (QED) is 0.688. The van der Waals surface area contributed by atoms with Crippen molar-refractivity contribution in [3.63, 3.8) is 0 Å². The van der Waals surface area contributed by atoms with Gasteiger partial charge in [-0.15, -0.1) is 0 Å². The third kappa shape index (κ3) is 3.24. The van der Waals surface area contributed by atoms with Crippen LogP contribution in [0.15, 0.2) is 24.3 Å². The van der Waals surface area contributed by atoms with Gasteiger partial charge in [-0.1, -0.05) is 40.5 Å². The van der Waals surface area contributed by atoms with E-state index in [1.165, 1.54) is 18.6 Å². The molecule has 0 amide bonds. The van der Waals surface area contributed by atoms with Gasteiger partial charge in [-0.05, 0) is 36.8 Å². The van der Waals surface area contributed by atoms with Crippen molar-refractivity contribution in [2.45, 2.75) is 36.7 Å². The fraction of sp³-hybridized carbons (Fsp3) is 0.538. The Morgan fingerprint density at radius 1 is 1.24 bits per heavy atom. The zero-order valence-corrected chi connectivity index (χ0v) is 10.9. The van der Waals surface area contributed by atoms with Crippen LogP contribution >= 0.6 is 15.9 Å². The summed E-state index contributed by atoms with van der Waals surface area (Å²) < 4.78 is 37.6. The smallest absolute Gasteiger partial charge is 0.166 e. The molecule has 0 aromatic heterocycles. The van der Waals surface area contributed by atoms with Crippen molar-refractivity contribution in [2.24, 2.45) is 5.92 Å². The first-order valence-corrected chi connectivity index (χ1v) is 6.68. The second-order valence-corrected chi connectivity index (χ2v) is 5.79. The maximum atomic E-state index is 12.5. The summed E-state index contributed by atoms with van der Waals surface area (Å²) >= 11 is 3.60. The van der Waals surface area contributed by atoms with Crippen LogP contribution in [0.25, 0.3) is 0 Å². The summed E-state index contributed by atoms with van der Waals surface area (Å²) in [7, 11) is 0. The van der Waals surface area contributed by atoms with E-state index in [0.717, 1.165) is 30.9 Å². The molecule has 0 bridgehead atoms. The van der Waals surface area contributed by atoms with E-state index in [9.17, 15) is 13.2 Å². The lowest BCUT2D eigenvalue weighted by Crippen LogP contribution is -2.11. The Morgan fingerprint density at radius 2 is 2.00 bits per heavy atom. The summed E-state index contributed by atoms with van der Waals surface area (Å²) in [4.78, 5) is 0.456. The predicted octanol–water partition coefficient (Wildman–Crippen LogP) is 4.81. The summed E-state index contributed by atoms with van der Waals surface area (Å²) in [5.74, 6) is 0.471. The van der Waals surface area contributed by atoms with Crippen LogP contribution in [0.1, 0.15) is 30.4 Å². The standard InChI is InChI=1S/C13H14BrF3/c14-12-6-2-4-10(12)7-9-3-1-5-11(8-9)13(15,16)17/h1,3,5,8,10,12H,2,4,6-7H2. The molecule has 1 aliphatic carbocycles. The van der Waals surface area contributed by atoms with E-state index in [2.05, 4.69) is 15.9 Å². The van der Waals surface area contributed by atoms with Gasteiger partial charge in [0.2, 0.25) is 0 Å². The molecule has 0 radical (unpaired) electrons. The van der Waals surface area contributed by atoms with E-state index >= 15 is 0 Å². The molecule has 1 aromatic rings. The number of hydrogen-bond donors (Lipinski definition) is 0. The van der Waals surface area contributed by atoms with E-state index < -0.39 is 11.7 Å². The first-order valence-electron chi connectivity index (χ1n) is 5.77. The van der Waals surface area contributed by atoms with Gasteiger partial charge in [0.15, 0.2) is 0 Å². The van der Waals surface area contributed by atoms with Gasteiger partial charge in [0.25, 0.3) is 0 Å². The van der Waals surface area contributed by atoms with Gasteiger partial charge in [-0.25, -0.2) is 0 Å². The predicted molar refractivity (Wildman–Crippen MR) is 65.2 cm³/mol. The molecule has 2 rings (SSSR count). The van der Waals surface area contributed by atoms with Gasteiger partial charge < -0.3 is 0 Å². The highest BCUT2D eigenvalue weighted by Gasteiger charge is 2.31. The van der Waals surface area contributed by atoms with Gasteiger partial charge >= 0.3 is 6.18 Å². The van der Waals surface area contributed by atoms with Crippen LogP contribution in [0.4, 0.5) is 13.2 Å². The highest BCUT2D eigenvalue weighted by molar-refractivity contribution is 9.09. The lowest BCUT2D eigenvalue weighted by atomic mass is 9.97. The summed E-state index contributed by atoms with van der Waals surface area (Å²) in [5, 5.41) is 0. The maximum Gasteiger partial charge on any atom is 0.416 e. The highest BCUT2D eigenvalue weighted by atomic mass is 79.9. The summed E-state index contributed by atoms with van der Waals surface area (Å²) in [6.07, 6.45) is -0.103. The normalized spacial score (nSPS) is 25.2. The number of hydrogen-bond acceptors (Lipinski definition) is 0. The minimum absolute atomic E-state index is 0.456. The van der Waals surface area contributed by atoms with E-state index in [0.29, 0.717) is 10.7 Å². The van der Waals surface area contributed by atoms with Crippen molar-refractivity contribution in [1.29, 1.82) is 0 Å². The molecular weight excluding hydrogens is 293 g/mol. The van der Waals surface area contributed by atoms with Crippen molar-refractivity contribution in [2.75, 3.05) is 0 Å². The average molecular weight is 307 g/mol. The molecule has 2 unspecified atom stereocenters. The van der Waals surface area contributed by atoms with Crippen LogP contribution in [0.5, 0.6) is 0 Å². The summed E-state index contributed by atoms with van der Waals surface area (Å²) in [6, 6.07) is 5.69. The molecule has 0 aliphatic heterocycles. The Morgan fingerprint density at radius 3 is 2.59 bits per heavy atom. The molecule has 4 heteroatoms. The van der Waals surface area contributed by atoms with Crippen LogP contribution in [-0.2, 0) is 12.6 Å². The minimum atomic E-state index is -4.24. The Hall–Kier alpha value is -0.510. The van der Waals surface area contributed by atoms with E-state index in [-0.39, 0.29) is 0 Å². The third-order valence-corrected chi connectivity index (χ3v) is 4.52. The molecular formula is C13H14BrF3. The van der Waals surface area contributed by atoms with Crippen molar-refractivity contribution in [3.05, 3.63) is 35.4 Å². The zero-order chi connectivity index (χ0) is 12.5. The first kappa shape index (κ1) is 12.9. The average Bonchev–Trinajstić information content (AvgIpc) is 2.64. The van der Waals surface area contributed by atoms with Crippen LogP contribution in [-0.4, -0.2) is 4.83 Å². The molecule has 1 saturated carbocycles. The van der Waals surface area contributed by atoms with Crippen LogP contribution in [0, 0.1) is 5.92 Å². The van der Waals surface area contributed by atoms with Crippen LogP contribution in [0.2, 0.25) is 0 Å². The monoisotopic (exact) mass is 306 g/mol. The highest BCUT2D eigenvalue weighted by Crippen LogP contribution is 2.35.